The monoisotopic (exact) mass is 414 g/mol. The van der Waals surface area contributed by atoms with Crippen molar-refractivity contribution in [3.05, 3.63) is 11.6 Å². The van der Waals surface area contributed by atoms with Crippen molar-refractivity contribution in [2.24, 2.45) is 22.2 Å². The lowest BCUT2D eigenvalue weighted by atomic mass is 9.43. The van der Waals surface area contributed by atoms with E-state index >= 15 is 0 Å². The predicted molar refractivity (Wildman–Crippen MR) is 101 cm³/mol. The number of rotatable bonds is 4. The van der Waals surface area contributed by atoms with Crippen molar-refractivity contribution >= 4 is 16.4 Å². The smallest absolute Gasteiger partial charge is 0.397 e. The van der Waals surface area contributed by atoms with E-state index in [1.54, 1.807) is 0 Å². The number of hydrogen-bond acceptors (Lipinski definition) is 6. The van der Waals surface area contributed by atoms with Gasteiger partial charge < -0.3 is 9.84 Å². The maximum atomic E-state index is 12.7. The SMILES string of the molecule is C[C@@]1(CCOS(=O)(=O)O)CC[C@]2(O)C(=C[C@@H]3OC(=O)[C@]4(C)CCC[C@]2(C)[C@H]34)C1. The fourth-order valence-electron chi connectivity index (χ4n) is 6.70. The lowest BCUT2D eigenvalue weighted by molar-refractivity contribution is -0.163. The zero-order valence-corrected chi connectivity index (χ0v) is 17.5. The molecule has 7 nitrogen and oxygen atoms in total. The van der Waals surface area contributed by atoms with Crippen molar-refractivity contribution in [1.29, 1.82) is 0 Å². The van der Waals surface area contributed by atoms with Crippen LogP contribution in [0.15, 0.2) is 11.6 Å². The van der Waals surface area contributed by atoms with Crippen LogP contribution in [0.4, 0.5) is 0 Å². The first kappa shape index (κ1) is 20.3. The molecule has 0 bridgehead atoms. The Balaban J connectivity index is 1.64. The van der Waals surface area contributed by atoms with Crippen LogP contribution in [-0.4, -0.2) is 42.4 Å². The largest absolute Gasteiger partial charge is 0.457 e. The maximum absolute atomic E-state index is 12.7. The molecule has 6 atom stereocenters. The molecule has 8 heteroatoms. The molecule has 1 heterocycles. The molecule has 158 valence electrons. The van der Waals surface area contributed by atoms with Gasteiger partial charge in [-0.1, -0.05) is 20.3 Å². The van der Waals surface area contributed by atoms with E-state index in [0.717, 1.165) is 24.8 Å². The normalized spacial score (nSPS) is 47.8. The zero-order chi connectivity index (χ0) is 20.6. The Hall–Kier alpha value is -0.960. The maximum Gasteiger partial charge on any atom is 0.397 e. The van der Waals surface area contributed by atoms with E-state index in [1.807, 2.05) is 19.9 Å². The van der Waals surface area contributed by atoms with Gasteiger partial charge in [-0.15, -0.1) is 0 Å². The molecule has 2 N–H and O–H groups in total. The zero-order valence-electron chi connectivity index (χ0n) is 16.7. The predicted octanol–water partition coefficient (Wildman–Crippen LogP) is 2.80. The Kier molecular flexibility index (Phi) is 4.37. The van der Waals surface area contributed by atoms with Gasteiger partial charge in [-0.3, -0.25) is 9.35 Å². The molecule has 2 saturated carbocycles. The molecular formula is C20H30O7S. The van der Waals surface area contributed by atoms with Crippen LogP contribution in [0.1, 0.15) is 65.7 Å². The Morgan fingerprint density at radius 3 is 2.61 bits per heavy atom. The Morgan fingerprint density at radius 2 is 1.93 bits per heavy atom. The van der Waals surface area contributed by atoms with Gasteiger partial charge in [0.1, 0.15) is 6.10 Å². The number of aliphatic hydroxyl groups is 1. The average Bonchev–Trinajstić information content (AvgIpc) is 2.81. The summed E-state index contributed by atoms with van der Waals surface area (Å²) in [5, 5.41) is 11.9. The van der Waals surface area contributed by atoms with Gasteiger partial charge in [0.05, 0.1) is 17.6 Å². The fraction of sp³-hybridized carbons (Fsp3) is 0.850. The average molecular weight is 415 g/mol. The second kappa shape index (κ2) is 6.03. The van der Waals surface area contributed by atoms with Crippen LogP contribution in [-0.2, 0) is 24.1 Å². The molecule has 3 fully saturated rings. The summed E-state index contributed by atoms with van der Waals surface area (Å²) in [6.07, 6.45) is 6.51. The molecule has 0 aromatic rings. The molecule has 4 rings (SSSR count). The van der Waals surface area contributed by atoms with Gasteiger partial charge in [0.25, 0.3) is 0 Å². The van der Waals surface area contributed by atoms with Crippen LogP contribution in [0.25, 0.3) is 0 Å². The third kappa shape index (κ3) is 2.79. The van der Waals surface area contributed by atoms with Gasteiger partial charge >= 0.3 is 16.4 Å². The highest BCUT2D eigenvalue weighted by Gasteiger charge is 2.70. The highest BCUT2D eigenvalue weighted by Crippen LogP contribution is 2.68. The lowest BCUT2D eigenvalue weighted by Gasteiger charge is -2.61. The second-order valence-electron chi connectivity index (χ2n) is 10.1. The van der Waals surface area contributed by atoms with Gasteiger partial charge in [-0.05, 0) is 62.5 Å². The minimum atomic E-state index is -4.45. The summed E-state index contributed by atoms with van der Waals surface area (Å²) < 4.78 is 40.8. The van der Waals surface area contributed by atoms with Gasteiger partial charge in [0, 0.05) is 11.3 Å². The molecule has 28 heavy (non-hydrogen) atoms. The van der Waals surface area contributed by atoms with E-state index < -0.39 is 26.8 Å². The second-order valence-corrected chi connectivity index (χ2v) is 11.2. The first-order chi connectivity index (χ1) is 12.8. The molecule has 1 saturated heterocycles. The summed E-state index contributed by atoms with van der Waals surface area (Å²) in [7, 11) is -4.45. The molecule has 0 unspecified atom stereocenters. The highest BCUT2D eigenvalue weighted by atomic mass is 32.3. The number of ether oxygens (including phenoxy) is 1. The van der Waals surface area contributed by atoms with Crippen molar-refractivity contribution in [2.75, 3.05) is 6.61 Å². The first-order valence-corrected chi connectivity index (χ1v) is 11.5. The molecule has 0 amide bonds. The highest BCUT2D eigenvalue weighted by molar-refractivity contribution is 7.80. The summed E-state index contributed by atoms with van der Waals surface area (Å²) in [6, 6.07) is 0. The van der Waals surface area contributed by atoms with E-state index in [1.165, 1.54) is 0 Å². The summed E-state index contributed by atoms with van der Waals surface area (Å²) in [4.78, 5) is 12.7. The van der Waals surface area contributed by atoms with Crippen molar-refractivity contribution in [3.8, 4) is 0 Å². The van der Waals surface area contributed by atoms with Crippen molar-refractivity contribution < 1.29 is 31.8 Å². The Labute approximate surface area is 166 Å². The van der Waals surface area contributed by atoms with Crippen molar-refractivity contribution in [2.45, 2.75) is 77.4 Å². The van der Waals surface area contributed by atoms with Crippen LogP contribution in [0.5, 0.6) is 0 Å². The Morgan fingerprint density at radius 1 is 1.21 bits per heavy atom. The van der Waals surface area contributed by atoms with Crippen LogP contribution in [0, 0.1) is 22.2 Å². The van der Waals surface area contributed by atoms with Crippen molar-refractivity contribution in [1.82, 2.24) is 0 Å². The van der Waals surface area contributed by atoms with E-state index in [4.69, 9.17) is 9.29 Å². The van der Waals surface area contributed by atoms with E-state index in [9.17, 15) is 18.3 Å². The topological polar surface area (TPSA) is 110 Å². The number of carbonyl (C=O) groups is 1. The fourth-order valence-corrected chi connectivity index (χ4v) is 7.00. The minimum absolute atomic E-state index is 0.0257. The summed E-state index contributed by atoms with van der Waals surface area (Å²) >= 11 is 0. The molecule has 0 spiro atoms. The van der Waals surface area contributed by atoms with E-state index in [0.29, 0.717) is 25.7 Å². The van der Waals surface area contributed by atoms with Crippen LogP contribution in [0.3, 0.4) is 0 Å². The summed E-state index contributed by atoms with van der Waals surface area (Å²) in [6.45, 7) is 6.04. The van der Waals surface area contributed by atoms with E-state index in [2.05, 4.69) is 11.1 Å². The van der Waals surface area contributed by atoms with Gasteiger partial charge in [-0.2, -0.15) is 8.42 Å². The van der Waals surface area contributed by atoms with Crippen LogP contribution < -0.4 is 0 Å². The molecular weight excluding hydrogens is 384 g/mol. The van der Waals surface area contributed by atoms with E-state index in [-0.39, 0.29) is 30.0 Å². The van der Waals surface area contributed by atoms with Crippen LogP contribution in [0.2, 0.25) is 0 Å². The first-order valence-electron chi connectivity index (χ1n) is 10.1. The number of fused-ring (bicyclic) bond motifs is 2. The molecule has 1 aliphatic heterocycles. The molecule has 3 aliphatic carbocycles. The quantitative estimate of drug-likeness (QED) is 0.413. The van der Waals surface area contributed by atoms with Gasteiger partial charge in [0.2, 0.25) is 0 Å². The standard InChI is InChI=1S/C20H30O7S/c1-17(9-10-26-28(23,24)25)7-8-20(22)13(12-17)11-14-15-18(2,16(21)27-14)5-4-6-19(15,20)3/h11,14-15,22H,4-10,12H2,1-3H3,(H,23,24,25)/t14-,15+,17-,18+,19+,20-/m0/s1. The number of esters is 1. The third-order valence-electron chi connectivity index (χ3n) is 8.29. The van der Waals surface area contributed by atoms with Crippen LogP contribution >= 0.6 is 0 Å². The molecule has 0 aromatic heterocycles. The summed E-state index contributed by atoms with van der Waals surface area (Å²) in [5.41, 5.74) is -1.30. The van der Waals surface area contributed by atoms with Crippen molar-refractivity contribution in [3.63, 3.8) is 0 Å². The van der Waals surface area contributed by atoms with Gasteiger partial charge in [-0.25, -0.2) is 4.18 Å². The minimum Gasteiger partial charge on any atom is -0.457 e. The Bertz CT molecular complexity index is 835. The van der Waals surface area contributed by atoms with Gasteiger partial charge in [0.15, 0.2) is 0 Å². The lowest BCUT2D eigenvalue weighted by Crippen LogP contribution is -2.63. The third-order valence-corrected chi connectivity index (χ3v) is 8.75. The number of carbonyl (C=O) groups excluding carboxylic acids is 1. The molecule has 0 radical (unpaired) electrons. The molecule has 0 aromatic carbocycles. The summed E-state index contributed by atoms with van der Waals surface area (Å²) in [5.74, 6) is -0.181. The number of hydrogen-bond donors (Lipinski definition) is 2. The molecule has 4 aliphatic rings.